The van der Waals surface area contributed by atoms with Crippen LogP contribution < -0.4 is 9.91 Å². The van der Waals surface area contributed by atoms with E-state index in [1.165, 1.54) is 5.01 Å². The molecule has 2 heterocycles. The molecule has 200 valence electrons. The van der Waals surface area contributed by atoms with Crippen LogP contribution in [0.25, 0.3) is 0 Å². The third kappa shape index (κ3) is 5.13. The lowest BCUT2D eigenvalue weighted by molar-refractivity contribution is -0.139. The Morgan fingerprint density at radius 1 is 1.05 bits per heavy atom. The number of nitrogens with zero attached hydrogens (tertiary/aromatic N) is 3. The van der Waals surface area contributed by atoms with Crippen molar-refractivity contribution in [2.24, 2.45) is 11.0 Å². The number of carbonyl (C=O) groups is 2. The second kappa shape index (κ2) is 11.1. The van der Waals surface area contributed by atoms with E-state index in [1.54, 1.807) is 42.2 Å². The summed E-state index contributed by atoms with van der Waals surface area (Å²) in [5, 5.41) is 27.3. The Balaban J connectivity index is 1.40. The second-order valence-electron chi connectivity index (χ2n) is 9.83. The molecule has 0 aromatic heterocycles. The lowest BCUT2D eigenvalue weighted by Gasteiger charge is -2.28. The van der Waals surface area contributed by atoms with E-state index < -0.39 is 17.4 Å². The van der Waals surface area contributed by atoms with Crippen LogP contribution in [0.4, 0.5) is 11.4 Å². The van der Waals surface area contributed by atoms with Crippen molar-refractivity contribution in [3.05, 3.63) is 107 Å². The standard InChI is InChI=1S/C31H30ClN3O4/c1-21(7-5-6-18-36)31(39)26-19-24(32)12-16-28(26)34(30(31)38)20-22-10-13-25(14-11-22)35-29(37)17-15-27(33-35)23-8-3-2-4-9-23/h2-5,7-14,16,19,21,36,39H,6,15,17-18,20H2,1H3/b7-5+/t21-,31+/m0/s1. The molecule has 0 bridgehead atoms. The van der Waals surface area contributed by atoms with Gasteiger partial charge in [-0.2, -0.15) is 5.10 Å². The van der Waals surface area contributed by atoms with Crippen molar-refractivity contribution >= 4 is 40.5 Å². The molecule has 0 aliphatic carbocycles. The molecule has 2 atom stereocenters. The van der Waals surface area contributed by atoms with E-state index in [0.717, 1.165) is 16.8 Å². The molecule has 5 rings (SSSR count). The molecule has 0 saturated carbocycles. The number of rotatable bonds is 8. The van der Waals surface area contributed by atoms with Gasteiger partial charge >= 0.3 is 0 Å². The van der Waals surface area contributed by atoms with Crippen molar-refractivity contribution in [2.75, 3.05) is 16.5 Å². The highest BCUT2D eigenvalue weighted by Crippen LogP contribution is 2.46. The Hall–Kier alpha value is -3.78. The number of aliphatic hydroxyl groups is 2. The molecule has 3 aromatic rings. The Morgan fingerprint density at radius 2 is 1.79 bits per heavy atom. The number of aliphatic hydroxyl groups excluding tert-OH is 1. The lowest BCUT2D eigenvalue weighted by Crippen LogP contribution is -2.44. The summed E-state index contributed by atoms with van der Waals surface area (Å²) in [6.45, 7) is 1.99. The number of hydrazone groups is 1. The van der Waals surface area contributed by atoms with Gasteiger partial charge in [0.1, 0.15) is 0 Å². The summed E-state index contributed by atoms with van der Waals surface area (Å²) in [4.78, 5) is 27.9. The zero-order valence-electron chi connectivity index (χ0n) is 21.6. The molecule has 0 radical (unpaired) electrons. The van der Waals surface area contributed by atoms with Crippen LogP contribution in [-0.4, -0.2) is 34.3 Å². The smallest absolute Gasteiger partial charge is 0.264 e. The van der Waals surface area contributed by atoms with Crippen LogP contribution in [0.5, 0.6) is 0 Å². The Labute approximate surface area is 232 Å². The molecule has 2 N–H and O–H groups in total. The van der Waals surface area contributed by atoms with Crippen LogP contribution in [0.3, 0.4) is 0 Å². The topological polar surface area (TPSA) is 93.4 Å². The molecule has 0 spiro atoms. The minimum atomic E-state index is -1.78. The minimum absolute atomic E-state index is 0.0119. The van der Waals surface area contributed by atoms with Crippen molar-refractivity contribution in [3.8, 4) is 0 Å². The number of benzene rings is 3. The highest BCUT2D eigenvalue weighted by atomic mass is 35.5. The average molecular weight is 544 g/mol. The number of anilines is 2. The van der Waals surface area contributed by atoms with Gasteiger partial charge in [0.2, 0.25) is 5.91 Å². The van der Waals surface area contributed by atoms with Gasteiger partial charge in [-0.05, 0) is 47.9 Å². The Kier molecular flexibility index (Phi) is 7.66. The van der Waals surface area contributed by atoms with E-state index in [4.69, 9.17) is 16.7 Å². The van der Waals surface area contributed by atoms with Gasteiger partial charge in [0.25, 0.3) is 5.91 Å². The highest BCUT2D eigenvalue weighted by molar-refractivity contribution is 6.31. The van der Waals surface area contributed by atoms with Gasteiger partial charge in [0, 0.05) is 36.0 Å². The fourth-order valence-corrected chi connectivity index (χ4v) is 5.28. The third-order valence-corrected chi connectivity index (χ3v) is 7.51. The van der Waals surface area contributed by atoms with Crippen molar-refractivity contribution in [3.63, 3.8) is 0 Å². The first-order valence-electron chi connectivity index (χ1n) is 13.0. The molecule has 3 aromatic carbocycles. The van der Waals surface area contributed by atoms with Crippen LogP contribution in [0.15, 0.2) is 90.0 Å². The maximum atomic E-state index is 13.7. The molecule has 0 unspecified atom stereocenters. The van der Waals surface area contributed by atoms with Gasteiger partial charge in [0.15, 0.2) is 5.60 Å². The average Bonchev–Trinajstić information content (AvgIpc) is 3.16. The van der Waals surface area contributed by atoms with Crippen molar-refractivity contribution < 1.29 is 19.8 Å². The normalized spacial score (nSPS) is 19.9. The quantitative estimate of drug-likeness (QED) is 0.383. The molecule has 2 aliphatic heterocycles. The van der Waals surface area contributed by atoms with Gasteiger partial charge in [-0.25, -0.2) is 5.01 Å². The fraction of sp³-hybridized carbons (Fsp3) is 0.258. The van der Waals surface area contributed by atoms with Crippen molar-refractivity contribution in [1.29, 1.82) is 0 Å². The van der Waals surface area contributed by atoms with E-state index in [9.17, 15) is 14.7 Å². The van der Waals surface area contributed by atoms with Gasteiger partial charge in [-0.15, -0.1) is 0 Å². The monoisotopic (exact) mass is 543 g/mol. The summed E-state index contributed by atoms with van der Waals surface area (Å²) < 4.78 is 0. The van der Waals surface area contributed by atoms with Gasteiger partial charge in [-0.1, -0.05) is 73.1 Å². The summed E-state index contributed by atoms with van der Waals surface area (Å²) in [6, 6.07) is 22.3. The summed E-state index contributed by atoms with van der Waals surface area (Å²) in [6.07, 6.45) is 4.91. The molecule has 2 aliphatic rings. The second-order valence-corrected chi connectivity index (χ2v) is 10.3. The molecule has 8 heteroatoms. The van der Waals surface area contributed by atoms with Crippen molar-refractivity contribution in [2.45, 2.75) is 38.3 Å². The number of hydrogen-bond donors (Lipinski definition) is 2. The number of fused-ring (bicyclic) bond motifs is 1. The zero-order valence-corrected chi connectivity index (χ0v) is 22.4. The van der Waals surface area contributed by atoms with E-state index >= 15 is 0 Å². The SMILES string of the molecule is C[C@@H](/C=C/CCO)[C@]1(O)C(=O)N(Cc2ccc(N3N=C(c4ccccc4)CCC3=O)cc2)c2ccc(Cl)cc21. The van der Waals surface area contributed by atoms with E-state index in [-0.39, 0.29) is 19.1 Å². The Morgan fingerprint density at radius 3 is 2.51 bits per heavy atom. The Bertz CT molecular complexity index is 1440. The largest absolute Gasteiger partial charge is 0.396 e. The van der Waals surface area contributed by atoms with Crippen LogP contribution >= 0.6 is 11.6 Å². The molecule has 0 saturated heterocycles. The maximum Gasteiger partial charge on any atom is 0.264 e. The minimum Gasteiger partial charge on any atom is -0.396 e. The summed E-state index contributed by atoms with van der Waals surface area (Å²) >= 11 is 6.26. The molecule has 7 nitrogen and oxygen atoms in total. The first-order chi connectivity index (χ1) is 18.8. The van der Waals surface area contributed by atoms with E-state index in [0.29, 0.717) is 41.2 Å². The van der Waals surface area contributed by atoms with Crippen LogP contribution in [0, 0.1) is 5.92 Å². The molecule has 2 amide bonds. The molecule has 0 fully saturated rings. The van der Waals surface area contributed by atoms with Crippen molar-refractivity contribution in [1.82, 2.24) is 0 Å². The first-order valence-corrected chi connectivity index (χ1v) is 13.4. The number of hydrogen-bond acceptors (Lipinski definition) is 5. The predicted molar refractivity (Wildman–Crippen MR) is 153 cm³/mol. The first kappa shape index (κ1) is 26.8. The molecule has 39 heavy (non-hydrogen) atoms. The predicted octanol–water partition coefficient (Wildman–Crippen LogP) is 5.18. The molecular formula is C31H30ClN3O4. The van der Waals surface area contributed by atoms with Gasteiger partial charge < -0.3 is 15.1 Å². The van der Waals surface area contributed by atoms with Crippen LogP contribution in [0.2, 0.25) is 5.02 Å². The summed E-state index contributed by atoms with van der Waals surface area (Å²) in [7, 11) is 0. The number of carbonyl (C=O) groups excluding carboxylic acids is 2. The van der Waals surface area contributed by atoms with Crippen LogP contribution in [-0.2, 0) is 21.7 Å². The highest BCUT2D eigenvalue weighted by Gasteiger charge is 2.52. The van der Waals surface area contributed by atoms with E-state index in [1.807, 2.05) is 54.6 Å². The zero-order chi connectivity index (χ0) is 27.6. The van der Waals surface area contributed by atoms with Crippen LogP contribution in [0.1, 0.15) is 42.9 Å². The fourth-order valence-electron chi connectivity index (χ4n) is 5.11. The number of amides is 2. The maximum absolute atomic E-state index is 13.7. The number of halogens is 1. The summed E-state index contributed by atoms with van der Waals surface area (Å²) in [5.41, 5.74) is 2.61. The van der Waals surface area contributed by atoms with Gasteiger partial charge in [-0.3, -0.25) is 9.59 Å². The molecular weight excluding hydrogens is 514 g/mol. The van der Waals surface area contributed by atoms with E-state index in [2.05, 4.69) is 5.10 Å². The lowest BCUT2D eigenvalue weighted by atomic mass is 9.83. The third-order valence-electron chi connectivity index (χ3n) is 7.27. The summed E-state index contributed by atoms with van der Waals surface area (Å²) in [5.74, 6) is -1.05. The van der Waals surface area contributed by atoms with Gasteiger partial charge in [0.05, 0.1) is 23.6 Å².